The van der Waals surface area contributed by atoms with Gasteiger partial charge in [0.05, 0.1) is 12.9 Å². The van der Waals surface area contributed by atoms with E-state index in [0.717, 1.165) is 11.5 Å². The van der Waals surface area contributed by atoms with Crippen molar-refractivity contribution in [3.63, 3.8) is 0 Å². The van der Waals surface area contributed by atoms with Gasteiger partial charge in [-0.15, -0.1) is 22.0 Å². The topological polar surface area (TPSA) is 57.0 Å². The summed E-state index contributed by atoms with van der Waals surface area (Å²) in [7, 11) is 1.39. The zero-order valence-corrected chi connectivity index (χ0v) is 16.2. The number of esters is 1. The normalized spacial score (nSPS) is 11.9. The lowest BCUT2D eigenvalue weighted by atomic mass is 10.3. The SMILES string of the molecule is COC(=O)C(C)Sc1nnc(CSc2ccccc2)n1-c1ccccc1. The number of hydrogen-bond acceptors (Lipinski definition) is 6. The van der Waals surface area contributed by atoms with Crippen molar-refractivity contribution < 1.29 is 9.53 Å². The smallest absolute Gasteiger partial charge is 0.318 e. The molecule has 0 radical (unpaired) electrons. The van der Waals surface area contributed by atoms with E-state index in [2.05, 4.69) is 22.3 Å². The highest BCUT2D eigenvalue weighted by Gasteiger charge is 2.21. The molecule has 0 bridgehead atoms. The highest BCUT2D eigenvalue weighted by atomic mass is 32.2. The third kappa shape index (κ3) is 4.47. The summed E-state index contributed by atoms with van der Waals surface area (Å²) in [4.78, 5) is 13.0. The van der Waals surface area contributed by atoms with Crippen LogP contribution in [0.5, 0.6) is 0 Å². The van der Waals surface area contributed by atoms with Crippen molar-refractivity contribution in [2.75, 3.05) is 7.11 Å². The minimum Gasteiger partial charge on any atom is -0.468 e. The second-order valence-electron chi connectivity index (χ2n) is 5.45. The average Bonchev–Trinajstić information content (AvgIpc) is 3.09. The van der Waals surface area contributed by atoms with Gasteiger partial charge >= 0.3 is 5.97 Å². The van der Waals surface area contributed by atoms with Crippen LogP contribution in [0.25, 0.3) is 5.69 Å². The molecule has 0 aliphatic heterocycles. The van der Waals surface area contributed by atoms with Crippen LogP contribution in [0.1, 0.15) is 12.7 Å². The largest absolute Gasteiger partial charge is 0.468 e. The van der Waals surface area contributed by atoms with Gasteiger partial charge in [-0.05, 0) is 31.2 Å². The maximum Gasteiger partial charge on any atom is 0.318 e. The van der Waals surface area contributed by atoms with Crippen LogP contribution in [0.4, 0.5) is 0 Å². The monoisotopic (exact) mass is 385 g/mol. The molecule has 0 spiro atoms. The summed E-state index contributed by atoms with van der Waals surface area (Å²) in [6.45, 7) is 1.80. The molecule has 2 aromatic carbocycles. The fourth-order valence-corrected chi connectivity index (χ4v) is 4.09. The van der Waals surface area contributed by atoms with Crippen LogP contribution in [-0.4, -0.2) is 33.1 Å². The lowest BCUT2D eigenvalue weighted by molar-refractivity contribution is -0.139. The number of ether oxygens (including phenoxy) is 1. The fourth-order valence-electron chi connectivity index (χ4n) is 2.34. The molecule has 26 heavy (non-hydrogen) atoms. The average molecular weight is 386 g/mol. The number of thioether (sulfide) groups is 2. The molecule has 1 unspecified atom stereocenters. The van der Waals surface area contributed by atoms with Crippen LogP contribution in [-0.2, 0) is 15.3 Å². The maximum atomic E-state index is 11.8. The lowest BCUT2D eigenvalue weighted by Gasteiger charge is -2.12. The number of benzene rings is 2. The molecule has 3 rings (SSSR count). The molecule has 7 heteroatoms. The van der Waals surface area contributed by atoms with Crippen LogP contribution in [0.2, 0.25) is 0 Å². The number of rotatable bonds is 7. The van der Waals surface area contributed by atoms with Crippen molar-refractivity contribution in [2.45, 2.75) is 28.0 Å². The number of methoxy groups -OCH3 is 1. The van der Waals surface area contributed by atoms with Crippen LogP contribution in [0.15, 0.2) is 70.7 Å². The second kappa shape index (κ2) is 8.91. The first kappa shape index (κ1) is 18.5. The van der Waals surface area contributed by atoms with E-state index in [1.54, 1.807) is 18.7 Å². The number of nitrogens with zero attached hydrogens (tertiary/aromatic N) is 3. The highest BCUT2D eigenvalue weighted by molar-refractivity contribution is 8.00. The molecule has 1 heterocycles. The Balaban J connectivity index is 1.88. The van der Waals surface area contributed by atoms with E-state index in [9.17, 15) is 4.79 Å². The minimum atomic E-state index is -0.360. The van der Waals surface area contributed by atoms with E-state index in [1.165, 1.54) is 23.8 Å². The van der Waals surface area contributed by atoms with Crippen LogP contribution in [0, 0.1) is 0 Å². The van der Waals surface area contributed by atoms with Crippen LogP contribution < -0.4 is 0 Å². The molecule has 0 aliphatic rings. The quantitative estimate of drug-likeness (QED) is 0.448. The first-order valence-corrected chi connectivity index (χ1v) is 9.97. The fraction of sp³-hybridized carbons (Fsp3) is 0.211. The predicted molar refractivity (Wildman–Crippen MR) is 105 cm³/mol. The molecule has 0 aliphatic carbocycles. The minimum absolute atomic E-state index is 0.280. The molecule has 1 atom stereocenters. The molecule has 5 nitrogen and oxygen atoms in total. The third-order valence-electron chi connectivity index (χ3n) is 3.64. The third-order valence-corrected chi connectivity index (χ3v) is 5.67. The molecule has 0 fully saturated rings. The zero-order chi connectivity index (χ0) is 18.4. The lowest BCUT2D eigenvalue weighted by Crippen LogP contribution is -2.15. The Kier molecular flexibility index (Phi) is 6.35. The molecular formula is C19H19N3O2S2. The maximum absolute atomic E-state index is 11.8. The van der Waals surface area contributed by atoms with Gasteiger partial charge in [0.15, 0.2) is 5.16 Å². The Morgan fingerprint density at radius 3 is 2.38 bits per heavy atom. The molecule has 3 aromatic rings. The molecule has 1 aromatic heterocycles. The Hall–Kier alpha value is -2.25. The summed E-state index contributed by atoms with van der Waals surface area (Å²) < 4.78 is 6.82. The standard InChI is InChI=1S/C19H19N3O2S2/c1-14(18(23)24-2)26-19-21-20-17(13-25-16-11-7-4-8-12-16)22(19)15-9-5-3-6-10-15/h3-12,14H,13H2,1-2H3. The number of aromatic nitrogens is 3. The highest BCUT2D eigenvalue weighted by Crippen LogP contribution is 2.29. The van der Waals surface area contributed by atoms with Gasteiger partial charge in [-0.25, -0.2) is 0 Å². The molecule has 0 N–H and O–H groups in total. The van der Waals surface area contributed by atoms with Crippen molar-refractivity contribution in [3.8, 4) is 5.69 Å². The van der Waals surface area contributed by atoms with Crippen molar-refractivity contribution in [3.05, 3.63) is 66.5 Å². The Labute approximate surface area is 161 Å². The predicted octanol–water partition coefficient (Wildman–Crippen LogP) is 4.21. The molecule has 0 saturated carbocycles. The molecule has 0 saturated heterocycles. The summed E-state index contributed by atoms with van der Waals surface area (Å²) in [5.41, 5.74) is 0.973. The molecule has 134 valence electrons. The van der Waals surface area contributed by atoms with Crippen molar-refractivity contribution >= 4 is 29.5 Å². The summed E-state index contributed by atoms with van der Waals surface area (Å²) >= 11 is 3.05. The van der Waals surface area contributed by atoms with Gasteiger partial charge in [0.25, 0.3) is 0 Å². The Morgan fingerprint density at radius 2 is 1.73 bits per heavy atom. The number of carbonyl (C=O) groups excluding carboxylic acids is 1. The number of hydrogen-bond donors (Lipinski definition) is 0. The van der Waals surface area contributed by atoms with E-state index < -0.39 is 0 Å². The zero-order valence-electron chi connectivity index (χ0n) is 14.5. The number of carbonyl (C=O) groups is 1. The van der Waals surface area contributed by atoms with Gasteiger partial charge in [0.1, 0.15) is 11.1 Å². The van der Waals surface area contributed by atoms with Gasteiger partial charge in [-0.2, -0.15) is 0 Å². The Bertz CT molecular complexity index is 854. The summed E-state index contributed by atoms with van der Waals surface area (Å²) in [6, 6.07) is 20.1. The van der Waals surface area contributed by atoms with Crippen molar-refractivity contribution in [1.82, 2.24) is 14.8 Å². The van der Waals surface area contributed by atoms with Crippen LogP contribution in [0.3, 0.4) is 0 Å². The van der Waals surface area contributed by atoms with Gasteiger partial charge in [0.2, 0.25) is 0 Å². The first-order chi connectivity index (χ1) is 12.7. The van der Waals surface area contributed by atoms with Gasteiger partial charge in [-0.3, -0.25) is 9.36 Å². The van der Waals surface area contributed by atoms with Gasteiger partial charge < -0.3 is 4.74 Å². The van der Waals surface area contributed by atoms with E-state index in [4.69, 9.17) is 4.74 Å². The number of para-hydroxylation sites is 1. The van der Waals surface area contributed by atoms with E-state index in [-0.39, 0.29) is 11.2 Å². The first-order valence-electron chi connectivity index (χ1n) is 8.11. The van der Waals surface area contributed by atoms with Crippen LogP contribution >= 0.6 is 23.5 Å². The Morgan fingerprint density at radius 1 is 1.08 bits per heavy atom. The second-order valence-corrected chi connectivity index (χ2v) is 7.81. The van der Waals surface area contributed by atoms with E-state index in [0.29, 0.717) is 10.9 Å². The van der Waals surface area contributed by atoms with E-state index >= 15 is 0 Å². The van der Waals surface area contributed by atoms with E-state index in [1.807, 2.05) is 53.1 Å². The summed E-state index contributed by atoms with van der Waals surface area (Å²) in [5.74, 6) is 1.24. The molecule has 0 amide bonds. The van der Waals surface area contributed by atoms with Gasteiger partial charge in [0, 0.05) is 10.6 Å². The summed E-state index contributed by atoms with van der Waals surface area (Å²) in [6.07, 6.45) is 0. The van der Waals surface area contributed by atoms with Crippen molar-refractivity contribution in [1.29, 1.82) is 0 Å². The summed E-state index contributed by atoms with van der Waals surface area (Å²) in [5, 5.41) is 9.00. The van der Waals surface area contributed by atoms with Gasteiger partial charge in [-0.1, -0.05) is 48.2 Å². The molecular weight excluding hydrogens is 366 g/mol. The van der Waals surface area contributed by atoms with Crippen molar-refractivity contribution in [2.24, 2.45) is 0 Å².